The molecule has 0 spiro atoms. The van der Waals surface area contributed by atoms with Crippen LogP contribution in [0.4, 0.5) is 0 Å². The van der Waals surface area contributed by atoms with E-state index in [1.165, 1.54) is 18.4 Å². The molecule has 1 aromatic rings. The molecule has 6 nitrogen and oxygen atoms in total. The van der Waals surface area contributed by atoms with E-state index in [0.29, 0.717) is 13.2 Å². The molecule has 0 unspecified atom stereocenters. The molecule has 1 aliphatic rings. The molecule has 0 radical (unpaired) electrons. The second kappa shape index (κ2) is 13.2. The Labute approximate surface area is 174 Å². The molecular weight excluding hydrogens is 445 g/mol. The minimum atomic E-state index is 0. The quantitative estimate of drug-likeness (QED) is 0.230. The van der Waals surface area contributed by atoms with E-state index in [2.05, 4.69) is 27.3 Å². The number of hydrogen-bond donors (Lipinski definition) is 1. The summed E-state index contributed by atoms with van der Waals surface area (Å²) < 4.78 is 16.2. The molecule has 26 heavy (non-hydrogen) atoms. The van der Waals surface area contributed by atoms with Gasteiger partial charge in [0.25, 0.3) is 0 Å². The van der Waals surface area contributed by atoms with Gasteiger partial charge in [-0.1, -0.05) is 12.1 Å². The SMILES string of the molecule is CN=C(NCc1ccc(OCCOC)cc1)N(C)CCOCC1CC1.I. The fourth-order valence-electron chi connectivity index (χ4n) is 2.35. The number of methoxy groups -OCH3 is 1. The molecule has 0 atom stereocenters. The van der Waals surface area contributed by atoms with E-state index >= 15 is 0 Å². The van der Waals surface area contributed by atoms with Crippen molar-refractivity contribution >= 4 is 29.9 Å². The summed E-state index contributed by atoms with van der Waals surface area (Å²) in [6, 6.07) is 8.07. The van der Waals surface area contributed by atoms with Crippen LogP contribution in [0.1, 0.15) is 18.4 Å². The summed E-state index contributed by atoms with van der Waals surface area (Å²) in [5, 5.41) is 3.38. The summed E-state index contributed by atoms with van der Waals surface area (Å²) in [6.45, 7) is 4.35. The van der Waals surface area contributed by atoms with E-state index in [1.807, 2.05) is 19.2 Å². The zero-order valence-electron chi connectivity index (χ0n) is 16.1. The number of hydrogen-bond acceptors (Lipinski definition) is 4. The number of aliphatic imine (C=N–C) groups is 1. The maximum Gasteiger partial charge on any atom is 0.193 e. The molecule has 148 valence electrons. The van der Waals surface area contributed by atoms with Crippen LogP contribution >= 0.6 is 24.0 Å². The smallest absolute Gasteiger partial charge is 0.193 e. The third kappa shape index (κ3) is 9.05. The third-order valence-corrected chi connectivity index (χ3v) is 4.13. The number of ether oxygens (including phenoxy) is 3. The van der Waals surface area contributed by atoms with Crippen molar-refractivity contribution in [2.24, 2.45) is 10.9 Å². The third-order valence-electron chi connectivity index (χ3n) is 4.13. The van der Waals surface area contributed by atoms with Gasteiger partial charge in [-0.15, -0.1) is 24.0 Å². The molecule has 1 saturated carbocycles. The predicted molar refractivity (Wildman–Crippen MR) is 116 cm³/mol. The fraction of sp³-hybridized carbons (Fsp3) is 0.632. The van der Waals surface area contributed by atoms with E-state index in [1.54, 1.807) is 14.2 Å². The van der Waals surface area contributed by atoms with E-state index < -0.39 is 0 Å². The van der Waals surface area contributed by atoms with Crippen LogP contribution in [0, 0.1) is 5.92 Å². The summed E-state index contributed by atoms with van der Waals surface area (Å²) in [5.41, 5.74) is 1.18. The molecule has 0 heterocycles. The highest BCUT2D eigenvalue weighted by molar-refractivity contribution is 14.0. The molecule has 7 heteroatoms. The Hall–Kier alpha value is -1.06. The molecule has 1 N–H and O–H groups in total. The molecule has 1 aliphatic carbocycles. The summed E-state index contributed by atoms with van der Waals surface area (Å²) in [6.07, 6.45) is 2.66. The highest BCUT2D eigenvalue weighted by Gasteiger charge is 2.21. The molecule has 0 aromatic heterocycles. The van der Waals surface area contributed by atoms with Gasteiger partial charge in [0.1, 0.15) is 12.4 Å². The molecule has 1 fully saturated rings. The van der Waals surface area contributed by atoms with Gasteiger partial charge in [-0.05, 0) is 36.5 Å². The number of likely N-dealkylation sites (N-methyl/N-ethyl adjacent to an activating group) is 1. The van der Waals surface area contributed by atoms with Crippen LogP contribution in [0.2, 0.25) is 0 Å². The largest absolute Gasteiger partial charge is 0.491 e. The monoisotopic (exact) mass is 477 g/mol. The van der Waals surface area contributed by atoms with Crippen LogP contribution in [-0.2, 0) is 16.0 Å². The minimum Gasteiger partial charge on any atom is -0.491 e. The van der Waals surface area contributed by atoms with Crippen LogP contribution in [0.25, 0.3) is 0 Å². The van der Waals surface area contributed by atoms with Gasteiger partial charge in [-0.2, -0.15) is 0 Å². The van der Waals surface area contributed by atoms with Gasteiger partial charge in [0.2, 0.25) is 0 Å². The second-order valence-corrected chi connectivity index (χ2v) is 6.33. The Kier molecular flexibility index (Phi) is 11.6. The Morgan fingerprint density at radius 3 is 2.54 bits per heavy atom. The average Bonchev–Trinajstić information content (AvgIpc) is 3.45. The molecule has 1 aromatic carbocycles. The zero-order valence-corrected chi connectivity index (χ0v) is 18.4. The van der Waals surface area contributed by atoms with Crippen molar-refractivity contribution in [1.29, 1.82) is 0 Å². The minimum absolute atomic E-state index is 0. The van der Waals surface area contributed by atoms with Gasteiger partial charge in [-0.25, -0.2) is 0 Å². The van der Waals surface area contributed by atoms with Crippen LogP contribution < -0.4 is 10.1 Å². The maximum absolute atomic E-state index is 5.69. The van der Waals surface area contributed by atoms with Crippen molar-refractivity contribution in [3.8, 4) is 5.75 Å². The van der Waals surface area contributed by atoms with E-state index in [9.17, 15) is 0 Å². The summed E-state index contributed by atoms with van der Waals surface area (Å²) >= 11 is 0. The zero-order chi connectivity index (χ0) is 17.9. The number of guanidine groups is 1. The fourth-order valence-corrected chi connectivity index (χ4v) is 2.35. The van der Waals surface area contributed by atoms with Gasteiger partial charge in [0.15, 0.2) is 5.96 Å². The Morgan fingerprint density at radius 2 is 1.92 bits per heavy atom. The van der Waals surface area contributed by atoms with Crippen LogP contribution in [-0.4, -0.2) is 65.0 Å². The molecule has 2 rings (SSSR count). The van der Waals surface area contributed by atoms with Crippen molar-refractivity contribution in [2.75, 3.05) is 54.2 Å². The van der Waals surface area contributed by atoms with E-state index in [0.717, 1.165) is 43.9 Å². The molecular formula is C19H32IN3O3. The first-order valence-corrected chi connectivity index (χ1v) is 8.93. The standard InChI is InChI=1S/C19H31N3O3.HI/c1-20-19(22(2)10-11-24-15-17-4-5-17)21-14-16-6-8-18(9-7-16)25-13-12-23-3;/h6-9,17H,4-5,10-15H2,1-3H3,(H,20,21);1H. The first-order chi connectivity index (χ1) is 12.2. The van der Waals surface area contributed by atoms with Crippen LogP contribution in [0.5, 0.6) is 5.75 Å². The topological polar surface area (TPSA) is 55.3 Å². The Bertz CT molecular complexity index is 521. The van der Waals surface area contributed by atoms with Gasteiger partial charge >= 0.3 is 0 Å². The second-order valence-electron chi connectivity index (χ2n) is 6.33. The van der Waals surface area contributed by atoms with Crippen LogP contribution in [0.15, 0.2) is 29.3 Å². The molecule has 0 bridgehead atoms. The molecule has 0 aliphatic heterocycles. The van der Waals surface area contributed by atoms with Gasteiger partial charge in [0.05, 0.1) is 13.2 Å². The molecule has 0 saturated heterocycles. The number of rotatable bonds is 11. The number of benzene rings is 1. The van der Waals surface area contributed by atoms with Crippen molar-refractivity contribution in [3.63, 3.8) is 0 Å². The highest BCUT2D eigenvalue weighted by Crippen LogP contribution is 2.28. The summed E-state index contributed by atoms with van der Waals surface area (Å²) in [7, 11) is 5.50. The van der Waals surface area contributed by atoms with Crippen LogP contribution in [0.3, 0.4) is 0 Å². The predicted octanol–water partition coefficient (Wildman–Crippen LogP) is 2.76. The lowest BCUT2D eigenvalue weighted by Crippen LogP contribution is -2.40. The number of nitrogens with zero attached hydrogens (tertiary/aromatic N) is 2. The number of halogens is 1. The van der Waals surface area contributed by atoms with Crippen molar-refractivity contribution in [2.45, 2.75) is 19.4 Å². The summed E-state index contributed by atoms with van der Waals surface area (Å²) in [5.74, 6) is 2.54. The lowest BCUT2D eigenvalue weighted by Gasteiger charge is -2.22. The van der Waals surface area contributed by atoms with Gasteiger partial charge < -0.3 is 24.4 Å². The van der Waals surface area contributed by atoms with Crippen molar-refractivity contribution in [3.05, 3.63) is 29.8 Å². The highest BCUT2D eigenvalue weighted by atomic mass is 127. The maximum atomic E-state index is 5.69. The normalized spacial score (nSPS) is 13.9. The molecule has 0 amide bonds. The summed E-state index contributed by atoms with van der Waals surface area (Å²) in [4.78, 5) is 6.43. The first-order valence-electron chi connectivity index (χ1n) is 8.93. The van der Waals surface area contributed by atoms with E-state index in [4.69, 9.17) is 14.2 Å². The van der Waals surface area contributed by atoms with E-state index in [-0.39, 0.29) is 24.0 Å². The van der Waals surface area contributed by atoms with Gasteiger partial charge in [-0.3, -0.25) is 4.99 Å². The van der Waals surface area contributed by atoms with Crippen molar-refractivity contribution < 1.29 is 14.2 Å². The first kappa shape index (κ1) is 23.0. The van der Waals surface area contributed by atoms with Gasteiger partial charge in [0, 0.05) is 40.9 Å². The van der Waals surface area contributed by atoms with Crippen molar-refractivity contribution in [1.82, 2.24) is 10.2 Å². The average molecular weight is 477 g/mol. The lowest BCUT2D eigenvalue weighted by molar-refractivity contribution is 0.115. The Balaban J connectivity index is 0.00000338. The number of nitrogens with one attached hydrogen (secondary N) is 1. The Morgan fingerprint density at radius 1 is 1.19 bits per heavy atom. The lowest BCUT2D eigenvalue weighted by atomic mass is 10.2.